The number of halogens is 2. The van der Waals surface area contributed by atoms with Gasteiger partial charge in [0, 0.05) is 5.56 Å². The molecule has 1 N–H and O–H groups in total. The first-order valence-corrected chi connectivity index (χ1v) is 9.31. The van der Waals surface area contributed by atoms with Crippen molar-refractivity contribution in [3.63, 3.8) is 0 Å². The lowest BCUT2D eigenvalue weighted by atomic mass is 10.1. The van der Waals surface area contributed by atoms with E-state index in [0.29, 0.717) is 20.1 Å². The summed E-state index contributed by atoms with van der Waals surface area (Å²) in [4.78, 5) is 17.5. The molecule has 4 aromatic rings. The first-order valence-electron chi connectivity index (χ1n) is 7.74. The Morgan fingerprint density at radius 3 is 2.65 bits per heavy atom. The van der Waals surface area contributed by atoms with Crippen molar-refractivity contribution < 1.29 is 4.79 Å². The van der Waals surface area contributed by atoms with Crippen LogP contribution >= 0.6 is 34.5 Å². The zero-order chi connectivity index (χ0) is 18.1. The van der Waals surface area contributed by atoms with Gasteiger partial charge in [-0.05, 0) is 17.7 Å². The number of hydrogen-bond donors (Lipinski definition) is 1. The Morgan fingerprint density at radius 1 is 1.12 bits per heavy atom. The van der Waals surface area contributed by atoms with Gasteiger partial charge in [-0.15, -0.1) is 5.10 Å². The Hall–Kier alpha value is -2.41. The van der Waals surface area contributed by atoms with E-state index in [-0.39, 0.29) is 12.3 Å². The second kappa shape index (κ2) is 7.07. The zero-order valence-corrected chi connectivity index (χ0v) is 15.6. The maximum atomic E-state index is 12.2. The average molecular weight is 403 g/mol. The summed E-state index contributed by atoms with van der Waals surface area (Å²) in [6, 6.07) is 15.0. The predicted octanol–water partition coefficient (Wildman–Crippen LogP) is 4.95. The number of imidazole rings is 1. The normalized spacial score (nSPS) is 11.0. The fraction of sp³-hybridized carbons (Fsp3) is 0.0556. The number of nitrogens with zero attached hydrogens (tertiary/aromatic N) is 3. The summed E-state index contributed by atoms with van der Waals surface area (Å²) in [6.45, 7) is 0. The highest BCUT2D eigenvalue weighted by molar-refractivity contribution is 7.20. The van der Waals surface area contributed by atoms with Crippen LogP contribution in [0.1, 0.15) is 5.56 Å². The van der Waals surface area contributed by atoms with Crippen LogP contribution in [0.4, 0.5) is 5.13 Å². The summed E-state index contributed by atoms with van der Waals surface area (Å²) < 4.78 is 1.67. The molecule has 2 aromatic heterocycles. The number of amides is 1. The molecule has 8 heteroatoms. The summed E-state index contributed by atoms with van der Waals surface area (Å²) in [5, 5.41) is 8.55. The Morgan fingerprint density at radius 2 is 1.92 bits per heavy atom. The third kappa shape index (κ3) is 3.58. The Labute approximate surface area is 163 Å². The van der Waals surface area contributed by atoms with Crippen molar-refractivity contribution in [2.75, 3.05) is 5.32 Å². The number of benzene rings is 2. The second-order valence-corrected chi connectivity index (χ2v) is 7.37. The quantitative estimate of drug-likeness (QED) is 0.525. The van der Waals surface area contributed by atoms with Crippen molar-refractivity contribution in [1.29, 1.82) is 0 Å². The monoisotopic (exact) mass is 402 g/mol. The molecule has 0 atom stereocenters. The number of carbonyl (C=O) groups excluding carboxylic acids is 1. The number of carbonyl (C=O) groups is 1. The van der Waals surface area contributed by atoms with Crippen molar-refractivity contribution in [3.05, 3.63) is 70.3 Å². The lowest BCUT2D eigenvalue weighted by Crippen LogP contribution is -2.14. The molecule has 0 radical (unpaired) electrons. The standard InChI is InChI=1S/C18H12Cl2N4OS/c19-13-7-6-11(8-14(13)20)9-16(25)22-17-23-24-10-15(21-18(24)26-17)12-4-2-1-3-5-12/h1-8,10H,9H2,(H,22,23,25). The fourth-order valence-electron chi connectivity index (χ4n) is 2.50. The molecule has 0 fully saturated rings. The van der Waals surface area contributed by atoms with Crippen LogP contribution < -0.4 is 5.32 Å². The number of hydrogen-bond acceptors (Lipinski definition) is 4. The highest BCUT2D eigenvalue weighted by Crippen LogP contribution is 2.25. The van der Waals surface area contributed by atoms with Crippen molar-refractivity contribution in [2.45, 2.75) is 6.42 Å². The van der Waals surface area contributed by atoms with Crippen molar-refractivity contribution >= 4 is 50.5 Å². The SMILES string of the molecule is O=C(Cc1ccc(Cl)c(Cl)c1)Nc1nn2cc(-c3ccccc3)nc2s1. The largest absolute Gasteiger partial charge is 0.300 e. The van der Waals surface area contributed by atoms with Gasteiger partial charge in [-0.2, -0.15) is 0 Å². The van der Waals surface area contributed by atoms with Gasteiger partial charge in [-0.3, -0.25) is 4.79 Å². The van der Waals surface area contributed by atoms with E-state index in [2.05, 4.69) is 15.4 Å². The van der Waals surface area contributed by atoms with Gasteiger partial charge in [0.1, 0.15) is 0 Å². The average Bonchev–Trinajstić information content (AvgIpc) is 3.17. The molecular formula is C18H12Cl2N4OS. The smallest absolute Gasteiger partial charge is 0.230 e. The summed E-state index contributed by atoms with van der Waals surface area (Å²) >= 11 is 13.2. The third-order valence-corrected chi connectivity index (χ3v) is 5.28. The molecule has 130 valence electrons. The van der Waals surface area contributed by atoms with Gasteiger partial charge in [-0.25, -0.2) is 9.50 Å². The molecule has 4 rings (SSSR count). The third-order valence-electron chi connectivity index (χ3n) is 3.71. The van der Waals surface area contributed by atoms with Crippen LogP contribution in [0.5, 0.6) is 0 Å². The van der Waals surface area contributed by atoms with Gasteiger partial charge in [0.25, 0.3) is 0 Å². The minimum atomic E-state index is -0.177. The second-order valence-electron chi connectivity index (χ2n) is 5.60. The zero-order valence-electron chi connectivity index (χ0n) is 13.3. The van der Waals surface area contributed by atoms with E-state index in [1.54, 1.807) is 22.7 Å². The van der Waals surface area contributed by atoms with Crippen LogP contribution in [0, 0.1) is 0 Å². The number of anilines is 1. The molecule has 0 bridgehead atoms. The maximum Gasteiger partial charge on any atom is 0.230 e. The van der Waals surface area contributed by atoms with Crippen LogP contribution in [0.25, 0.3) is 16.2 Å². The van der Waals surface area contributed by atoms with Crippen molar-refractivity contribution in [1.82, 2.24) is 14.6 Å². The van der Waals surface area contributed by atoms with Gasteiger partial charge < -0.3 is 5.32 Å². The van der Waals surface area contributed by atoms with Crippen LogP contribution in [0.3, 0.4) is 0 Å². The minimum absolute atomic E-state index is 0.177. The molecule has 0 saturated carbocycles. The Balaban J connectivity index is 1.48. The molecule has 2 heterocycles. The molecular weight excluding hydrogens is 391 g/mol. The van der Waals surface area contributed by atoms with Crippen molar-refractivity contribution in [2.24, 2.45) is 0 Å². The van der Waals surface area contributed by atoms with Crippen LogP contribution in [-0.4, -0.2) is 20.5 Å². The van der Waals surface area contributed by atoms with Crippen LogP contribution in [0.15, 0.2) is 54.7 Å². The molecule has 1 amide bonds. The highest BCUT2D eigenvalue weighted by Gasteiger charge is 2.12. The molecule has 0 aliphatic heterocycles. The molecule has 0 aliphatic rings. The van der Waals surface area contributed by atoms with E-state index in [4.69, 9.17) is 23.2 Å². The first-order chi connectivity index (χ1) is 12.6. The van der Waals surface area contributed by atoms with Gasteiger partial charge in [0.2, 0.25) is 16.0 Å². The van der Waals surface area contributed by atoms with E-state index < -0.39 is 0 Å². The fourth-order valence-corrected chi connectivity index (χ4v) is 3.62. The summed E-state index contributed by atoms with van der Waals surface area (Å²) in [6.07, 6.45) is 2.03. The number of aromatic nitrogens is 3. The summed E-state index contributed by atoms with van der Waals surface area (Å²) in [7, 11) is 0. The number of nitrogens with one attached hydrogen (secondary N) is 1. The number of fused-ring (bicyclic) bond motifs is 1. The summed E-state index contributed by atoms with van der Waals surface area (Å²) in [5.41, 5.74) is 2.65. The first kappa shape index (κ1) is 17.0. The number of rotatable bonds is 4. The highest BCUT2D eigenvalue weighted by atomic mass is 35.5. The van der Waals surface area contributed by atoms with Gasteiger partial charge >= 0.3 is 0 Å². The molecule has 0 aliphatic carbocycles. The molecule has 0 saturated heterocycles. The molecule has 0 unspecified atom stereocenters. The predicted molar refractivity (Wildman–Crippen MR) is 105 cm³/mol. The van der Waals surface area contributed by atoms with E-state index in [0.717, 1.165) is 16.8 Å². The van der Waals surface area contributed by atoms with E-state index in [1.165, 1.54) is 11.3 Å². The van der Waals surface area contributed by atoms with E-state index in [1.807, 2.05) is 36.5 Å². The van der Waals surface area contributed by atoms with Crippen LogP contribution in [-0.2, 0) is 11.2 Å². The minimum Gasteiger partial charge on any atom is -0.300 e. The summed E-state index contributed by atoms with van der Waals surface area (Å²) in [5.74, 6) is -0.177. The maximum absolute atomic E-state index is 12.2. The molecule has 26 heavy (non-hydrogen) atoms. The Kier molecular flexibility index (Phi) is 4.63. The lowest BCUT2D eigenvalue weighted by molar-refractivity contribution is -0.115. The van der Waals surface area contributed by atoms with E-state index >= 15 is 0 Å². The van der Waals surface area contributed by atoms with E-state index in [9.17, 15) is 4.79 Å². The van der Waals surface area contributed by atoms with Crippen molar-refractivity contribution in [3.8, 4) is 11.3 Å². The topological polar surface area (TPSA) is 59.3 Å². The molecule has 0 spiro atoms. The van der Waals surface area contributed by atoms with Crippen LogP contribution in [0.2, 0.25) is 10.0 Å². The molecule has 5 nitrogen and oxygen atoms in total. The molecule has 2 aromatic carbocycles. The van der Waals surface area contributed by atoms with Gasteiger partial charge in [0.15, 0.2) is 0 Å². The van der Waals surface area contributed by atoms with Gasteiger partial charge in [-0.1, -0.05) is 70.9 Å². The van der Waals surface area contributed by atoms with Gasteiger partial charge in [0.05, 0.1) is 28.4 Å². The Bertz CT molecular complexity index is 1060. The lowest BCUT2D eigenvalue weighted by Gasteiger charge is -2.03.